The maximum atomic E-state index is 10.0. The maximum Gasteiger partial charge on any atom is 0.214 e. The van der Waals surface area contributed by atoms with Crippen LogP contribution in [0.4, 0.5) is 0 Å². The monoisotopic (exact) mass is 481 g/mol. The zero-order valence-electron chi connectivity index (χ0n) is 18.2. The van der Waals surface area contributed by atoms with E-state index in [9.17, 15) is 10.2 Å². The third kappa shape index (κ3) is 6.93. The molecule has 0 radical (unpaired) electrons. The Morgan fingerprint density at radius 2 is 0.882 bits per heavy atom. The van der Waals surface area contributed by atoms with Gasteiger partial charge >= 0.3 is 0 Å². The number of rotatable bonds is 6. The molecule has 0 aliphatic carbocycles. The van der Waals surface area contributed by atoms with Gasteiger partial charge in [-0.1, -0.05) is 66.7 Å². The van der Waals surface area contributed by atoms with Crippen LogP contribution in [-0.2, 0) is 0 Å². The first kappa shape index (κ1) is 25.5. The molecule has 0 unspecified atom stereocenters. The van der Waals surface area contributed by atoms with E-state index in [2.05, 4.69) is 53.1 Å². The van der Waals surface area contributed by atoms with Gasteiger partial charge in [0.05, 0.1) is 0 Å². The highest BCUT2D eigenvalue weighted by Crippen LogP contribution is 2.30. The number of benzene rings is 3. The molecule has 0 spiro atoms. The molecule has 7 nitrogen and oxygen atoms in total. The predicted molar refractivity (Wildman–Crippen MR) is 116 cm³/mol. The Morgan fingerprint density at radius 1 is 0.559 bits per heavy atom. The summed E-state index contributed by atoms with van der Waals surface area (Å²) in [6.45, 7) is -0.295. The molecular weight excluding hydrogens is 458 g/mol. The fraction of sp³-hybridized carbons (Fsp3) is 0.115. The van der Waals surface area contributed by atoms with Crippen molar-refractivity contribution in [1.82, 2.24) is 0 Å². The van der Waals surface area contributed by atoms with E-state index in [4.69, 9.17) is 18.6 Å². The van der Waals surface area contributed by atoms with Crippen LogP contribution in [-0.4, -0.2) is 23.4 Å². The minimum absolute atomic E-state index is 0.147. The Labute approximate surface area is 199 Å². The number of aliphatic hydroxyl groups excluding tert-OH is 2. The second kappa shape index (κ2) is 11.8. The summed E-state index contributed by atoms with van der Waals surface area (Å²) >= 11 is 0. The van der Waals surface area contributed by atoms with E-state index in [0.717, 1.165) is 33.6 Å². The second-order valence-electron chi connectivity index (χ2n) is 7.38. The van der Waals surface area contributed by atoms with E-state index >= 15 is 0 Å². The van der Waals surface area contributed by atoms with Crippen LogP contribution in [0.15, 0.2) is 103 Å². The number of nitrogens with zero attached hydrogens (tertiary/aromatic N) is 1. The van der Waals surface area contributed by atoms with Gasteiger partial charge in [-0.2, -0.15) is 4.57 Å². The summed E-state index contributed by atoms with van der Waals surface area (Å²) < 4.78 is 36.0. The molecule has 0 aliphatic heterocycles. The van der Waals surface area contributed by atoms with Gasteiger partial charge in [0.2, 0.25) is 17.4 Å². The summed E-state index contributed by atoms with van der Waals surface area (Å²) in [6, 6.07) is 34.3. The average molecular weight is 482 g/mol. The van der Waals surface area contributed by atoms with Gasteiger partial charge in [-0.3, -0.25) is 0 Å². The molecule has 0 aliphatic rings. The van der Waals surface area contributed by atoms with Crippen molar-refractivity contribution in [1.29, 1.82) is 0 Å². The van der Waals surface area contributed by atoms with Crippen LogP contribution in [0.25, 0.3) is 33.6 Å². The van der Waals surface area contributed by atoms with Gasteiger partial charge in [0, 0.05) is 23.3 Å². The topological polar surface area (TPSA) is 137 Å². The molecule has 0 bridgehead atoms. The standard InChI is InChI=1S/C26H24NO2.ClHO4/c28-18-24(19-29)27-25(21-12-6-2-7-13-21)16-23(20-10-4-1-5-11-20)17-26(27)22-14-8-3-9-15-22;2-1(3,4)5/h1-17,24,28-29H,18-19H2;(H,2,3,4,5)/q+1;/p-1. The molecule has 1 heterocycles. The van der Waals surface area contributed by atoms with Crippen LogP contribution in [0.1, 0.15) is 6.04 Å². The summed E-state index contributed by atoms with van der Waals surface area (Å²) in [6.07, 6.45) is 0. The molecule has 1 aromatic heterocycles. The Balaban J connectivity index is 0.000000588. The molecule has 3 aromatic carbocycles. The van der Waals surface area contributed by atoms with Crippen molar-refractivity contribution in [3.63, 3.8) is 0 Å². The first-order valence-electron chi connectivity index (χ1n) is 10.4. The lowest BCUT2D eigenvalue weighted by molar-refractivity contribution is -2.00. The van der Waals surface area contributed by atoms with Gasteiger partial charge in [-0.25, -0.2) is 18.6 Å². The van der Waals surface area contributed by atoms with Crippen molar-refractivity contribution in [2.45, 2.75) is 6.04 Å². The van der Waals surface area contributed by atoms with Gasteiger partial charge in [0.1, 0.15) is 13.2 Å². The van der Waals surface area contributed by atoms with Crippen LogP contribution >= 0.6 is 0 Å². The van der Waals surface area contributed by atoms with Crippen molar-refractivity contribution < 1.29 is 43.7 Å². The van der Waals surface area contributed by atoms with Crippen molar-refractivity contribution in [3.8, 4) is 33.6 Å². The van der Waals surface area contributed by atoms with Gasteiger partial charge < -0.3 is 10.2 Å². The first-order valence-corrected chi connectivity index (χ1v) is 11.6. The third-order valence-electron chi connectivity index (χ3n) is 5.14. The zero-order chi connectivity index (χ0) is 24.6. The number of aliphatic hydroxyl groups is 2. The lowest BCUT2D eigenvalue weighted by Gasteiger charge is -2.17. The SMILES string of the molecule is OCC(CO)[n+]1c(-c2ccccc2)cc(-c2ccccc2)cc1-c1ccccc1.[O-][Cl+3]([O-])([O-])[O-]. The summed E-state index contributed by atoms with van der Waals surface area (Å²) in [7, 11) is -4.94. The molecule has 4 rings (SSSR count). The molecular formula is C26H24ClNO6. The van der Waals surface area contributed by atoms with Crippen LogP contribution < -0.4 is 23.2 Å². The minimum Gasteiger partial charge on any atom is -0.389 e. The van der Waals surface area contributed by atoms with E-state index in [-0.39, 0.29) is 13.2 Å². The van der Waals surface area contributed by atoms with Gasteiger partial charge in [-0.05, 0) is 35.4 Å². The Hall–Kier alpha value is -3.14. The smallest absolute Gasteiger partial charge is 0.214 e. The molecule has 34 heavy (non-hydrogen) atoms. The molecule has 0 saturated carbocycles. The van der Waals surface area contributed by atoms with Crippen LogP contribution in [0.2, 0.25) is 0 Å². The summed E-state index contributed by atoms with van der Waals surface area (Å²) in [5, 5.41) is 20.1. The number of aromatic nitrogens is 1. The molecule has 0 amide bonds. The normalized spacial score (nSPS) is 11.1. The van der Waals surface area contributed by atoms with Crippen molar-refractivity contribution >= 4 is 0 Å². The summed E-state index contributed by atoms with van der Waals surface area (Å²) in [4.78, 5) is 0. The van der Waals surface area contributed by atoms with E-state index in [1.54, 1.807) is 0 Å². The van der Waals surface area contributed by atoms with Gasteiger partial charge in [0.15, 0.2) is 0 Å². The highest BCUT2D eigenvalue weighted by molar-refractivity contribution is 5.73. The number of pyridine rings is 1. The van der Waals surface area contributed by atoms with Crippen LogP contribution in [0.5, 0.6) is 0 Å². The number of hydrogen-bond acceptors (Lipinski definition) is 6. The van der Waals surface area contributed by atoms with E-state index in [1.807, 2.05) is 54.6 Å². The minimum atomic E-state index is -4.94. The highest BCUT2D eigenvalue weighted by atomic mass is 35.7. The Morgan fingerprint density at radius 3 is 1.21 bits per heavy atom. The quantitative estimate of drug-likeness (QED) is 0.364. The highest BCUT2D eigenvalue weighted by Gasteiger charge is 2.29. The zero-order valence-corrected chi connectivity index (χ0v) is 18.9. The van der Waals surface area contributed by atoms with Gasteiger partial charge in [0.25, 0.3) is 0 Å². The fourth-order valence-corrected chi connectivity index (χ4v) is 3.68. The van der Waals surface area contributed by atoms with Crippen molar-refractivity contribution in [2.75, 3.05) is 13.2 Å². The van der Waals surface area contributed by atoms with E-state index in [0.29, 0.717) is 0 Å². The number of halogens is 1. The predicted octanol–water partition coefficient (Wildman–Crippen LogP) is -0.255. The molecule has 0 atom stereocenters. The Kier molecular flexibility index (Phi) is 8.86. The third-order valence-corrected chi connectivity index (χ3v) is 5.14. The van der Waals surface area contributed by atoms with E-state index in [1.165, 1.54) is 0 Å². The molecule has 0 saturated heterocycles. The molecule has 4 aromatic rings. The average Bonchev–Trinajstić information content (AvgIpc) is 2.85. The van der Waals surface area contributed by atoms with Crippen molar-refractivity contribution in [3.05, 3.63) is 103 Å². The van der Waals surface area contributed by atoms with Crippen LogP contribution in [0.3, 0.4) is 0 Å². The van der Waals surface area contributed by atoms with Crippen LogP contribution in [0, 0.1) is 10.2 Å². The molecule has 0 fully saturated rings. The number of hydrogen-bond donors (Lipinski definition) is 2. The molecule has 176 valence electrons. The van der Waals surface area contributed by atoms with Gasteiger partial charge in [-0.15, -0.1) is 10.2 Å². The van der Waals surface area contributed by atoms with E-state index < -0.39 is 16.3 Å². The fourth-order valence-electron chi connectivity index (χ4n) is 3.68. The lowest BCUT2D eigenvalue weighted by Crippen LogP contribution is -2.68. The molecule has 8 heteroatoms. The summed E-state index contributed by atoms with van der Waals surface area (Å²) in [5.74, 6) is 0. The second-order valence-corrected chi connectivity index (χ2v) is 8.14. The largest absolute Gasteiger partial charge is 0.389 e. The first-order chi connectivity index (χ1) is 16.3. The lowest BCUT2D eigenvalue weighted by atomic mass is 9.98. The Bertz CT molecular complexity index is 1100. The maximum absolute atomic E-state index is 10.0. The van der Waals surface area contributed by atoms with Crippen molar-refractivity contribution in [2.24, 2.45) is 0 Å². The molecule has 2 N–H and O–H groups in total. The summed E-state index contributed by atoms with van der Waals surface area (Å²) in [5.41, 5.74) is 6.20.